The van der Waals surface area contributed by atoms with E-state index < -0.39 is 10.8 Å². The molecule has 2 N–H and O–H groups in total. The Bertz CT molecular complexity index is 677. The number of carbonyl (C=O) groups is 1. The molecule has 2 amide bonds. The van der Waals surface area contributed by atoms with Crippen LogP contribution >= 0.6 is 0 Å². The fourth-order valence-electron chi connectivity index (χ4n) is 2.21. The number of para-hydroxylation sites is 2. The molecule has 2 atom stereocenters. The van der Waals surface area contributed by atoms with E-state index in [0.29, 0.717) is 17.2 Å². The van der Waals surface area contributed by atoms with Crippen LogP contribution < -0.4 is 15.4 Å². The Hall–Kier alpha value is -2.34. The highest BCUT2D eigenvalue weighted by molar-refractivity contribution is 7.84. The first kappa shape index (κ1) is 17.0. The van der Waals surface area contributed by atoms with Gasteiger partial charge in [0.2, 0.25) is 0 Å². The van der Waals surface area contributed by atoms with Crippen molar-refractivity contribution in [2.75, 3.05) is 24.4 Å². The minimum absolute atomic E-state index is 0.322. The summed E-state index contributed by atoms with van der Waals surface area (Å²) in [4.78, 5) is 12.3. The lowest BCUT2D eigenvalue weighted by atomic mass is 10.1. The van der Waals surface area contributed by atoms with E-state index in [4.69, 9.17) is 4.74 Å². The first-order valence-electron chi connectivity index (χ1n) is 7.15. The lowest BCUT2D eigenvalue weighted by Gasteiger charge is -2.19. The highest BCUT2D eigenvalue weighted by Crippen LogP contribution is 2.23. The Balaban J connectivity index is 2.10. The summed E-state index contributed by atoms with van der Waals surface area (Å²) in [7, 11) is 0.515. The molecule has 0 saturated carbocycles. The molecule has 2 aromatic rings. The van der Waals surface area contributed by atoms with E-state index in [1.54, 1.807) is 25.5 Å². The fraction of sp³-hybridized carbons (Fsp3) is 0.235. The predicted molar refractivity (Wildman–Crippen MR) is 93.3 cm³/mol. The van der Waals surface area contributed by atoms with Gasteiger partial charge < -0.3 is 15.4 Å². The van der Waals surface area contributed by atoms with Gasteiger partial charge >= 0.3 is 6.03 Å². The maximum Gasteiger partial charge on any atom is 0.319 e. The number of methoxy groups -OCH3 is 1. The summed E-state index contributed by atoms with van der Waals surface area (Å²) in [6, 6.07) is 16.0. The molecule has 0 aliphatic rings. The van der Waals surface area contributed by atoms with Crippen molar-refractivity contribution in [2.45, 2.75) is 6.04 Å². The number of carbonyl (C=O) groups excluding carboxylic acids is 1. The van der Waals surface area contributed by atoms with Gasteiger partial charge in [-0.1, -0.05) is 42.5 Å². The lowest BCUT2D eigenvalue weighted by Crippen LogP contribution is -2.35. The van der Waals surface area contributed by atoms with Gasteiger partial charge in [0.15, 0.2) is 0 Å². The number of hydrogen-bond donors (Lipinski definition) is 2. The highest BCUT2D eigenvalue weighted by Gasteiger charge is 2.16. The Morgan fingerprint density at radius 1 is 1.13 bits per heavy atom. The van der Waals surface area contributed by atoms with Gasteiger partial charge in [0.05, 0.1) is 18.8 Å². The number of hydrogen-bond acceptors (Lipinski definition) is 3. The largest absolute Gasteiger partial charge is 0.495 e. The summed E-state index contributed by atoms with van der Waals surface area (Å²) >= 11 is 0. The molecule has 5 nitrogen and oxygen atoms in total. The van der Waals surface area contributed by atoms with E-state index in [0.717, 1.165) is 5.56 Å². The Labute approximate surface area is 138 Å². The van der Waals surface area contributed by atoms with Crippen LogP contribution in [0.25, 0.3) is 0 Å². The topological polar surface area (TPSA) is 67.4 Å². The van der Waals surface area contributed by atoms with Gasteiger partial charge in [-0.25, -0.2) is 4.79 Å². The monoisotopic (exact) mass is 332 g/mol. The number of rotatable bonds is 6. The van der Waals surface area contributed by atoms with Gasteiger partial charge in [0, 0.05) is 22.8 Å². The van der Waals surface area contributed by atoms with Crippen LogP contribution in [-0.4, -0.2) is 29.4 Å². The number of nitrogens with one attached hydrogen (secondary N) is 2. The third-order valence-corrected chi connectivity index (χ3v) is 4.07. The summed E-state index contributed by atoms with van der Waals surface area (Å²) < 4.78 is 16.8. The van der Waals surface area contributed by atoms with Crippen molar-refractivity contribution < 1.29 is 13.7 Å². The molecule has 6 heteroatoms. The molecule has 0 spiro atoms. The normalized spacial score (nSPS) is 13.0. The molecule has 0 aliphatic heterocycles. The number of urea groups is 1. The number of amides is 2. The maximum atomic E-state index is 12.3. The highest BCUT2D eigenvalue weighted by atomic mass is 32.2. The number of anilines is 1. The van der Waals surface area contributed by atoms with E-state index in [-0.39, 0.29) is 12.1 Å². The van der Waals surface area contributed by atoms with Gasteiger partial charge in [-0.2, -0.15) is 0 Å². The zero-order valence-corrected chi connectivity index (χ0v) is 13.9. The third-order valence-electron chi connectivity index (χ3n) is 3.26. The summed E-state index contributed by atoms with van der Waals surface area (Å²) in [5.41, 5.74) is 1.50. The SMILES string of the molecule is COc1ccccc1NC(=O)N[C@@H](C[S@](C)=O)c1ccccc1. The molecule has 122 valence electrons. The van der Waals surface area contributed by atoms with Gasteiger partial charge in [-0.15, -0.1) is 0 Å². The van der Waals surface area contributed by atoms with Gasteiger partial charge in [0.25, 0.3) is 0 Å². The fourth-order valence-corrected chi connectivity index (χ4v) is 2.95. The molecule has 0 fully saturated rings. The van der Waals surface area contributed by atoms with Crippen molar-refractivity contribution in [3.05, 3.63) is 60.2 Å². The second kappa shape index (κ2) is 8.33. The molecule has 0 saturated heterocycles. The molecular weight excluding hydrogens is 312 g/mol. The van der Waals surface area contributed by atoms with Crippen molar-refractivity contribution in [1.29, 1.82) is 0 Å². The first-order chi connectivity index (χ1) is 11.1. The molecule has 2 rings (SSSR count). The second-order valence-corrected chi connectivity index (χ2v) is 6.48. The number of benzene rings is 2. The first-order valence-corrected chi connectivity index (χ1v) is 8.88. The third kappa shape index (κ3) is 5.10. The average molecular weight is 332 g/mol. The van der Waals surface area contributed by atoms with Crippen LogP contribution in [0.5, 0.6) is 5.75 Å². The Kier molecular flexibility index (Phi) is 6.17. The molecule has 0 heterocycles. The zero-order valence-electron chi connectivity index (χ0n) is 13.1. The standard InChI is InChI=1S/C17H20N2O3S/c1-22-16-11-7-6-10-14(16)18-17(20)19-15(12-23(2)21)13-8-4-3-5-9-13/h3-11,15H,12H2,1-2H3,(H2,18,19,20)/t15-,23-/m0/s1. The summed E-state index contributed by atoms with van der Waals surface area (Å²) in [5, 5.41) is 5.63. The van der Waals surface area contributed by atoms with Crippen molar-refractivity contribution in [2.24, 2.45) is 0 Å². The van der Waals surface area contributed by atoms with E-state index in [2.05, 4.69) is 10.6 Å². The Morgan fingerprint density at radius 3 is 2.43 bits per heavy atom. The van der Waals surface area contributed by atoms with Gasteiger partial charge in [-0.3, -0.25) is 4.21 Å². The van der Waals surface area contributed by atoms with Gasteiger partial charge in [0.1, 0.15) is 5.75 Å². The quantitative estimate of drug-likeness (QED) is 0.855. The Morgan fingerprint density at radius 2 is 1.78 bits per heavy atom. The molecule has 23 heavy (non-hydrogen) atoms. The molecule has 0 aromatic heterocycles. The molecule has 0 radical (unpaired) electrons. The van der Waals surface area contributed by atoms with E-state index in [1.807, 2.05) is 42.5 Å². The molecule has 0 aliphatic carbocycles. The van der Waals surface area contributed by atoms with Crippen molar-refractivity contribution in [3.8, 4) is 5.75 Å². The zero-order chi connectivity index (χ0) is 16.7. The summed E-state index contributed by atoms with van der Waals surface area (Å²) in [6.45, 7) is 0. The van der Waals surface area contributed by atoms with Crippen LogP contribution in [0.4, 0.5) is 10.5 Å². The van der Waals surface area contributed by atoms with Crippen LogP contribution in [0.1, 0.15) is 11.6 Å². The van der Waals surface area contributed by atoms with Gasteiger partial charge in [-0.05, 0) is 17.7 Å². The van der Waals surface area contributed by atoms with Crippen LogP contribution in [0.2, 0.25) is 0 Å². The van der Waals surface area contributed by atoms with E-state index in [9.17, 15) is 9.00 Å². The molecule has 0 unspecified atom stereocenters. The van der Waals surface area contributed by atoms with E-state index >= 15 is 0 Å². The predicted octanol–water partition coefficient (Wildman–Crippen LogP) is 2.94. The second-order valence-electron chi connectivity index (χ2n) is 5.00. The van der Waals surface area contributed by atoms with Crippen molar-refractivity contribution in [1.82, 2.24) is 5.32 Å². The van der Waals surface area contributed by atoms with Crippen LogP contribution in [0, 0.1) is 0 Å². The lowest BCUT2D eigenvalue weighted by molar-refractivity contribution is 0.249. The van der Waals surface area contributed by atoms with Crippen molar-refractivity contribution >= 4 is 22.5 Å². The smallest absolute Gasteiger partial charge is 0.319 e. The van der Waals surface area contributed by atoms with Crippen LogP contribution in [-0.2, 0) is 10.8 Å². The minimum atomic E-state index is -1.03. The number of ether oxygens (including phenoxy) is 1. The summed E-state index contributed by atoms with van der Waals surface area (Å²) in [6.07, 6.45) is 1.62. The molecule has 0 bridgehead atoms. The van der Waals surface area contributed by atoms with E-state index in [1.165, 1.54) is 0 Å². The maximum absolute atomic E-state index is 12.3. The molecular formula is C17H20N2O3S. The minimum Gasteiger partial charge on any atom is -0.495 e. The summed E-state index contributed by atoms with van der Waals surface area (Å²) in [5.74, 6) is 0.932. The molecule has 2 aromatic carbocycles. The van der Waals surface area contributed by atoms with Crippen molar-refractivity contribution in [3.63, 3.8) is 0 Å². The van der Waals surface area contributed by atoms with Crippen LogP contribution in [0.3, 0.4) is 0 Å². The van der Waals surface area contributed by atoms with Crippen LogP contribution in [0.15, 0.2) is 54.6 Å². The average Bonchev–Trinajstić information content (AvgIpc) is 2.55.